The number of nitrogens with one attached hydrogen (secondary N) is 1. The Hall–Kier alpha value is -0.870. The van der Waals surface area contributed by atoms with Crippen molar-refractivity contribution in [3.63, 3.8) is 0 Å². The maximum Gasteiger partial charge on any atom is 0.178 e. The molecular weight excluding hydrogens is 246 g/mol. The molecule has 0 atom stereocenters. The lowest BCUT2D eigenvalue weighted by Gasteiger charge is -2.07. The number of hydrogen-bond donors (Lipinski definition) is 1. The van der Waals surface area contributed by atoms with E-state index in [-0.39, 0.29) is 5.75 Å². The highest BCUT2D eigenvalue weighted by atomic mass is 32.2. The molecule has 0 bridgehead atoms. The van der Waals surface area contributed by atoms with Crippen LogP contribution in [0.5, 0.6) is 0 Å². The SMILES string of the molecule is CC(C)NCCCCCS(=O)(=O)c1ccccc1. The largest absolute Gasteiger partial charge is 0.315 e. The molecule has 0 radical (unpaired) electrons. The highest BCUT2D eigenvalue weighted by Crippen LogP contribution is 2.12. The topological polar surface area (TPSA) is 46.2 Å². The molecule has 0 saturated carbocycles. The van der Waals surface area contributed by atoms with E-state index in [2.05, 4.69) is 19.2 Å². The number of sulfone groups is 1. The van der Waals surface area contributed by atoms with Crippen LogP contribution in [0.4, 0.5) is 0 Å². The van der Waals surface area contributed by atoms with Gasteiger partial charge in [-0.1, -0.05) is 38.5 Å². The Labute approximate surface area is 111 Å². The molecule has 102 valence electrons. The van der Waals surface area contributed by atoms with Crippen LogP contribution >= 0.6 is 0 Å². The number of benzene rings is 1. The predicted octanol–water partition coefficient (Wildman–Crippen LogP) is 2.63. The second kappa shape index (κ2) is 7.54. The second-order valence-corrected chi connectivity index (χ2v) is 6.91. The first-order valence-electron chi connectivity index (χ1n) is 6.53. The minimum absolute atomic E-state index is 0.249. The van der Waals surface area contributed by atoms with Crippen LogP contribution in [-0.2, 0) is 9.84 Å². The highest BCUT2D eigenvalue weighted by molar-refractivity contribution is 7.91. The summed E-state index contributed by atoms with van der Waals surface area (Å²) in [5.74, 6) is 0.249. The van der Waals surface area contributed by atoms with Crippen LogP contribution in [0, 0.1) is 0 Å². The van der Waals surface area contributed by atoms with E-state index >= 15 is 0 Å². The molecule has 0 saturated heterocycles. The Morgan fingerprint density at radius 2 is 1.72 bits per heavy atom. The molecule has 1 rings (SSSR count). The van der Waals surface area contributed by atoms with Gasteiger partial charge < -0.3 is 5.32 Å². The van der Waals surface area contributed by atoms with E-state index in [1.165, 1.54) is 0 Å². The van der Waals surface area contributed by atoms with Crippen molar-refractivity contribution in [3.05, 3.63) is 30.3 Å². The first-order chi connectivity index (χ1) is 8.52. The van der Waals surface area contributed by atoms with Crippen LogP contribution < -0.4 is 5.32 Å². The summed E-state index contributed by atoms with van der Waals surface area (Å²) in [5, 5.41) is 3.33. The van der Waals surface area contributed by atoms with E-state index in [1.54, 1.807) is 24.3 Å². The fourth-order valence-corrected chi connectivity index (χ4v) is 3.12. The fraction of sp³-hybridized carbons (Fsp3) is 0.571. The Balaban J connectivity index is 2.27. The molecule has 0 aliphatic heterocycles. The lowest BCUT2D eigenvalue weighted by atomic mass is 10.2. The van der Waals surface area contributed by atoms with Crippen LogP contribution in [0.1, 0.15) is 33.1 Å². The standard InChI is InChI=1S/C14H23NO2S/c1-13(2)15-11-7-4-8-12-18(16,17)14-9-5-3-6-10-14/h3,5-6,9-10,13,15H,4,7-8,11-12H2,1-2H3. The molecule has 0 heterocycles. The molecule has 1 N–H and O–H groups in total. The van der Waals surface area contributed by atoms with Crippen molar-refractivity contribution in [2.45, 2.75) is 44.0 Å². The maximum atomic E-state index is 12.0. The maximum absolute atomic E-state index is 12.0. The van der Waals surface area contributed by atoms with Crippen molar-refractivity contribution in [2.75, 3.05) is 12.3 Å². The summed E-state index contributed by atoms with van der Waals surface area (Å²) in [6.45, 7) is 5.18. The van der Waals surface area contributed by atoms with E-state index in [1.807, 2.05) is 6.07 Å². The third kappa shape index (κ3) is 5.65. The van der Waals surface area contributed by atoms with Crippen molar-refractivity contribution in [1.82, 2.24) is 5.32 Å². The summed E-state index contributed by atoms with van der Waals surface area (Å²) < 4.78 is 23.9. The van der Waals surface area contributed by atoms with E-state index in [4.69, 9.17) is 0 Å². The van der Waals surface area contributed by atoms with Gasteiger partial charge in [-0.25, -0.2) is 8.42 Å². The number of unbranched alkanes of at least 4 members (excludes halogenated alkanes) is 2. The Kier molecular flexibility index (Phi) is 6.36. The smallest absolute Gasteiger partial charge is 0.178 e. The van der Waals surface area contributed by atoms with Gasteiger partial charge in [-0.2, -0.15) is 0 Å². The molecule has 0 aliphatic carbocycles. The molecule has 3 nitrogen and oxygen atoms in total. The van der Waals surface area contributed by atoms with Crippen molar-refractivity contribution in [1.29, 1.82) is 0 Å². The monoisotopic (exact) mass is 269 g/mol. The average molecular weight is 269 g/mol. The third-order valence-electron chi connectivity index (χ3n) is 2.74. The van der Waals surface area contributed by atoms with Gasteiger partial charge in [0.1, 0.15) is 0 Å². The van der Waals surface area contributed by atoms with Gasteiger partial charge in [-0.05, 0) is 31.5 Å². The Morgan fingerprint density at radius 1 is 1.06 bits per heavy atom. The van der Waals surface area contributed by atoms with Crippen molar-refractivity contribution < 1.29 is 8.42 Å². The normalized spacial score (nSPS) is 11.9. The number of hydrogen-bond acceptors (Lipinski definition) is 3. The van der Waals surface area contributed by atoms with Crippen LogP contribution in [0.3, 0.4) is 0 Å². The minimum Gasteiger partial charge on any atom is -0.315 e. The van der Waals surface area contributed by atoms with Crippen molar-refractivity contribution in [3.8, 4) is 0 Å². The third-order valence-corrected chi connectivity index (χ3v) is 4.56. The van der Waals surface area contributed by atoms with Gasteiger partial charge in [0.25, 0.3) is 0 Å². The second-order valence-electron chi connectivity index (χ2n) is 4.80. The van der Waals surface area contributed by atoms with Crippen LogP contribution in [-0.4, -0.2) is 26.8 Å². The molecule has 0 unspecified atom stereocenters. The summed E-state index contributed by atoms with van der Waals surface area (Å²) in [7, 11) is -3.08. The van der Waals surface area contributed by atoms with Crippen LogP contribution in [0.15, 0.2) is 35.2 Å². The van der Waals surface area contributed by atoms with E-state index in [9.17, 15) is 8.42 Å². The summed E-state index contributed by atoms with van der Waals surface area (Å²) in [6.07, 6.45) is 2.71. The van der Waals surface area contributed by atoms with Gasteiger partial charge in [-0.15, -0.1) is 0 Å². The summed E-state index contributed by atoms with van der Waals surface area (Å²) in [6, 6.07) is 9.18. The average Bonchev–Trinajstić information content (AvgIpc) is 2.34. The van der Waals surface area contributed by atoms with Gasteiger partial charge in [0.2, 0.25) is 0 Å². The van der Waals surface area contributed by atoms with Gasteiger partial charge in [-0.3, -0.25) is 0 Å². The first kappa shape index (κ1) is 15.2. The fourth-order valence-electron chi connectivity index (χ4n) is 1.73. The summed E-state index contributed by atoms with van der Waals surface area (Å²) in [4.78, 5) is 0.435. The predicted molar refractivity (Wildman–Crippen MR) is 75.5 cm³/mol. The Bertz CT molecular complexity index is 426. The molecule has 0 spiro atoms. The molecule has 0 amide bonds. The van der Waals surface area contributed by atoms with Gasteiger partial charge in [0.05, 0.1) is 10.6 Å². The zero-order chi connectivity index (χ0) is 13.4. The zero-order valence-electron chi connectivity index (χ0n) is 11.2. The van der Waals surface area contributed by atoms with Gasteiger partial charge >= 0.3 is 0 Å². The molecule has 4 heteroatoms. The molecule has 1 aromatic carbocycles. The molecule has 0 aromatic heterocycles. The van der Waals surface area contributed by atoms with Gasteiger partial charge in [0.15, 0.2) is 9.84 Å². The lowest BCUT2D eigenvalue weighted by Crippen LogP contribution is -2.23. The van der Waals surface area contributed by atoms with E-state index < -0.39 is 9.84 Å². The molecule has 1 aromatic rings. The first-order valence-corrected chi connectivity index (χ1v) is 8.19. The highest BCUT2D eigenvalue weighted by Gasteiger charge is 2.12. The zero-order valence-corrected chi connectivity index (χ0v) is 12.0. The number of rotatable bonds is 8. The van der Waals surface area contributed by atoms with Crippen LogP contribution in [0.25, 0.3) is 0 Å². The summed E-state index contributed by atoms with van der Waals surface area (Å²) >= 11 is 0. The van der Waals surface area contributed by atoms with Crippen molar-refractivity contribution >= 4 is 9.84 Å². The van der Waals surface area contributed by atoms with Crippen molar-refractivity contribution in [2.24, 2.45) is 0 Å². The molecule has 0 aliphatic rings. The van der Waals surface area contributed by atoms with Crippen LogP contribution in [0.2, 0.25) is 0 Å². The Morgan fingerprint density at radius 3 is 2.33 bits per heavy atom. The minimum atomic E-state index is -3.08. The molecule has 0 fully saturated rings. The van der Waals surface area contributed by atoms with E-state index in [0.29, 0.717) is 10.9 Å². The lowest BCUT2D eigenvalue weighted by molar-refractivity contribution is 0.550. The molecule has 18 heavy (non-hydrogen) atoms. The summed E-state index contributed by atoms with van der Waals surface area (Å²) in [5.41, 5.74) is 0. The molecular formula is C14H23NO2S. The van der Waals surface area contributed by atoms with E-state index in [0.717, 1.165) is 25.8 Å². The quantitative estimate of drug-likeness (QED) is 0.738. The van der Waals surface area contributed by atoms with Gasteiger partial charge in [0, 0.05) is 6.04 Å².